The van der Waals surface area contributed by atoms with Gasteiger partial charge in [-0.05, 0) is 52.1 Å². The van der Waals surface area contributed by atoms with Crippen molar-refractivity contribution in [2.75, 3.05) is 13.1 Å². The van der Waals surface area contributed by atoms with Gasteiger partial charge in [0.15, 0.2) is 5.78 Å². The Morgan fingerprint density at radius 3 is 2.45 bits per heavy atom. The molecule has 0 aromatic carbocycles. The lowest BCUT2D eigenvalue weighted by molar-refractivity contribution is 0.0674. The van der Waals surface area contributed by atoms with Crippen molar-refractivity contribution in [2.24, 2.45) is 0 Å². The number of aromatic amines is 1. The lowest BCUT2D eigenvalue weighted by atomic mass is 10.1. The van der Waals surface area contributed by atoms with Gasteiger partial charge < -0.3 is 15.2 Å². The van der Waals surface area contributed by atoms with Gasteiger partial charge in [0.05, 0.1) is 0 Å². The molecule has 3 rings (SSSR count). The average molecular weight is 326 g/mol. The maximum Gasteiger partial charge on any atom is 0.271 e. The van der Waals surface area contributed by atoms with E-state index in [1.807, 2.05) is 18.7 Å². The minimum atomic E-state index is 0. The zero-order valence-electron chi connectivity index (χ0n) is 13.4. The van der Waals surface area contributed by atoms with E-state index in [0.717, 1.165) is 43.6 Å². The predicted octanol–water partition coefficient (Wildman–Crippen LogP) is 2.22. The van der Waals surface area contributed by atoms with Crippen molar-refractivity contribution in [1.82, 2.24) is 15.2 Å². The predicted molar refractivity (Wildman–Crippen MR) is 88.0 cm³/mol. The molecule has 6 heteroatoms. The molecule has 2 fully saturated rings. The number of amides is 1. The van der Waals surface area contributed by atoms with Gasteiger partial charge in [0, 0.05) is 29.9 Å². The molecule has 1 amide bonds. The van der Waals surface area contributed by atoms with Gasteiger partial charge in [-0.15, -0.1) is 12.4 Å². The van der Waals surface area contributed by atoms with E-state index < -0.39 is 0 Å². The van der Waals surface area contributed by atoms with Crippen LogP contribution in [0.3, 0.4) is 0 Å². The van der Waals surface area contributed by atoms with Crippen LogP contribution in [0.4, 0.5) is 0 Å². The highest BCUT2D eigenvalue weighted by molar-refractivity contribution is 6.02. The van der Waals surface area contributed by atoms with Gasteiger partial charge in [0.1, 0.15) is 5.69 Å². The SMILES string of the molecule is CC(=O)c1c(C)[nH]c(C(=O)N2C3CCNCC2CC3)c1C.Cl. The van der Waals surface area contributed by atoms with E-state index in [1.54, 1.807) is 6.92 Å². The molecule has 0 radical (unpaired) electrons. The van der Waals surface area contributed by atoms with E-state index in [9.17, 15) is 9.59 Å². The lowest BCUT2D eigenvalue weighted by Gasteiger charge is -2.27. The first-order valence-electron chi connectivity index (χ1n) is 7.74. The van der Waals surface area contributed by atoms with Crippen LogP contribution in [-0.4, -0.2) is 46.7 Å². The van der Waals surface area contributed by atoms with E-state index in [4.69, 9.17) is 0 Å². The Bertz CT molecular complexity index is 582. The molecule has 0 spiro atoms. The fourth-order valence-corrected chi connectivity index (χ4v) is 3.93. The number of aromatic nitrogens is 1. The number of aryl methyl sites for hydroxylation is 1. The molecule has 0 saturated carbocycles. The van der Waals surface area contributed by atoms with E-state index in [0.29, 0.717) is 17.3 Å². The molecular formula is C16H24ClN3O2. The summed E-state index contributed by atoms with van der Waals surface area (Å²) < 4.78 is 0. The summed E-state index contributed by atoms with van der Waals surface area (Å²) in [6, 6.07) is 0.620. The van der Waals surface area contributed by atoms with E-state index in [1.165, 1.54) is 0 Å². The Balaban J connectivity index is 0.00000176. The fourth-order valence-electron chi connectivity index (χ4n) is 3.93. The molecule has 2 aliphatic heterocycles. The number of carbonyl (C=O) groups excluding carboxylic acids is 2. The lowest BCUT2D eigenvalue weighted by Crippen LogP contribution is -2.42. The van der Waals surface area contributed by atoms with Crippen molar-refractivity contribution >= 4 is 24.1 Å². The van der Waals surface area contributed by atoms with Crippen molar-refractivity contribution < 1.29 is 9.59 Å². The summed E-state index contributed by atoms with van der Waals surface area (Å²) in [6.45, 7) is 7.13. The second-order valence-corrected chi connectivity index (χ2v) is 6.27. The summed E-state index contributed by atoms with van der Waals surface area (Å²) in [4.78, 5) is 29.9. The van der Waals surface area contributed by atoms with Crippen LogP contribution in [0.5, 0.6) is 0 Å². The molecular weight excluding hydrogens is 302 g/mol. The van der Waals surface area contributed by atoms with Crippen molar-refractivity contribution in [2.45, 2.75) is 52.1 Å². The van der Waals surface area contributed by atoms with Crippen molar-refractivity contribution in [3.63, 3.8) is 0 Å². The molecule has 5 nitrogen and oxygen atoms in total. The molecule has 3 heterocycles. The van der Waals surface area contributed by atoms with Crippen LogP contribution in [0.2, 0.25) is 0 Å². The van der Waals surface area contributed by atoms with Gasteiger partial charge in [-0.1, -0.05) is 0 Å². The number of ketones is 1. The number of nitrogens with one attached hydrogen (secondary N) is 2. The highest BCUT2D eigenvalue weighted by Gasteiger charge is 2.39. The maximum absolute atomic E-state index is 13.0. The average Bonchev–Trinajstić information content (AvgIpc) is 2.84. The van der Waals surface area contributed by atoms with Crippen molar-refractivity contribution in [3.05, 3.63) is 22.5 Å². The van der Waals surface area contributed by atoms with Crippen LogP contribution in [0.1, 0.15) is 58.3 Å². The Morgan fingerprint density at radius 2 is 1.82 bits per heavy atom. The van der Waals surface area contributed by atoms with Crippen LogP contribution in [0.25, 0.3) is 0 Å². The first-order chi connectivity index (χ1) is 10.0. The quantitative estimate of drug-likeness (QED) is 0.819. The zero-order chi connectivity index (χ0) is 15.1. The molecule has 1 aromatic heterocycles. The minimum Gasteiger partial charge on any atom is -0.354 e. The number of Topliss-reactive ketones (excluding diaryl/α,β-unsaturated/α-hetero) is 1. The zero-order valence-corrected chi connectivity index (χ0v) is 14.2. The van der Waals surface area contributed by atoms with Gasteiger partial charge in [0.25, 0.3) is 5.91 Å². The highest BCUT2D eigenvalue weighted by Crippen LogP contribution is 2.31. The van der Waals surface area contributed by atoms with E-state index in [-0.39, 0.29) is 30.1 Å². The van der Waals surface area contributed by atoms with Gasteiger partial charge in [-0.25, -0.2) is 0 Å². The number of rotatable bonds is 2. The van der Waals surface area contributed by atoms with Crippen LogP contribution in [0, 0.1) is 13.8 Å². The molecule has 1 aromatic rings. The summed E-state index contributed by atoms with van der Waals surface area (Å²) in [5.74, 6) is 0.0695. The number of nitrogens with zero attached hydrogens (tertiary/aromatic N) is 1. The third-order valence-corrected chi connectivity index (χ3v) is 4.89. The largest absolute Gasteiger partial charge is 0.354 e. The minimum absolute atomic E-state index is 0. The third-order valence-electron chi connectivity index (χ3n) is 4.89. The normalized spacial score (nSPS) is 23.9. The molecule has 2 aliphatic rings. The van der Waals surface area contributed by atoms with Gasteiger partial charge in [-0.2, -0.15) is 0 Å². The Hall–Kier alpha value is -1.33. The van der Waals surface area contributed by atoms with Crippen LogP contribution < -0.4 is 5.32 Å². The standard InChI is InChI=1S/C16H23N3O2.ClH/c1-9-14(11(3)20)10(2)18-15(9)16(21)19-12-4-5-13(19)8-17-7-6-12;/h12-13,17-18H,4-8H2,1-3H3;1H. The summed E-state index contributed by atoms with van der Waals surface area (Å²) in [5, 5.41) is 3.41. The van der Waals surface area contributed by atoms with E-state index in [2.05, 4.69) is 10.3 Å². The first kappa shape index (κ1) is 17.0. The first-order valence-corrected chi connectivity index (χ1v) is 7.74. The summed E-state index contributed by atoms with van der Waals surface area (Å²) in [7, 11) is 0. The smallest absolute Gasteiger partial charge is 0.271 e. The van der Waals surface area contributed by atoms with Crippen molar-refractivity contribution in [3.8, 4) is 0 Å². The second kappa shape index (κ2) is 6.42. The Kier molecular flexibility index (Phi) is 4.97. The van der Waals surface area contributed by atoms with Crippen LogP contribution in [-0.2, 0) is 0 Å². The number of halogens is 1. The van der Waals surface area contributed by atoms with Gasteiger partial charge >= 0.3 is 0 Å². The summed E-state index contributed by atoms with van der Waals surface area (Å²) >= 11 is 0. The molecule has 2 unspecified atom stereocenters. The van der Waals surface area contributed by atoms with Gasteiger partial charge in [0.2, 0.25) is 0 Å². The summed E-state index contributed by atoms with van der Waals surface area (Å²) in [5.41, 5.74) is 2.85. The topological polar surface area (TPSA) is 65.2 Å². The third kappa shape index (κ3) is 2.68. The highest BCUT2D eigenvalue weighted by atomic mass is 35.5. The van der Waals surface area contributed by atoms with E-state index >= 15 is 0 Å². The molecule has 0 aliphatic carbocycles. The molecule has 2 saturated heterocycles. The Morgan fingerprint density at radius 1 is 1.14 bits per heavy atom. The van der Waals surface area contributed by atoms with Crippen LogP contribution in [0.15, 0.2) is 0 Å². The number of hydrogen-bond donors (Lipinski definition) is 2. The van der Waals surface area contributed by atoms with Crippen molar-refractivity contribution in [1.29, 1.82) is 0 Å². The number of H-pyrrole nitrogens is 1. The molecule has 2 atom stereocenters. The number of fused-ring (bicyclic) bond motifs is 2. The molecule has 2 bridgehead atoms. The maximum atomic E-state index is 13.0. The molecule has 122 valence electrons. The number of carbonyl (C=O) groups is 2. The summed E-state index contributed by atoms with van der Waals surface area (Å²) in [6.07, 6.45) is 3.18. The fraction of sp³-hybridized carbons (Fsp3) is 0.625. The second-order valence-electron chi connectivity index (χ2n) is 6.27. The molecule has 2 N–H and O–H groups in total. The monoisotopic (exact) mass is 325 g/mol. The number of hydrogen-bond acceptors (Lipinski definition) is 3. The Labute approximate surface area is 137 Å². The van der Waals surface area contributed by atoms with Crippen LogP contribution >= 0.6 is 12.4 Å². The van der Waals surface area contributed by atoms with Gasteiger partial charge in [-0.3, -0.25) is 9.59 Å². The molecule has 22 heavy (non-hydrogen) atoms.